The Labute approximate surface area is 150 Å². The van der Waals surface area contributed by atoms with Crippen molar-refractivity contribution >= 4 is 39.3 Å². The zero-order valence-corrected chi connectivity index (χ0v) is 15.7. The van der Waals surface area contributed by atoms with E-state index in [-0.39, 0.29) is 11.2 Å². The summed E-state index contributed by atoms with van der Waals surface area (Å²) in [5, 5.41) is 1.74. The largest absolute Gasteiger partial charge is 0.462 e. The average molecular weight is 367 g/mol. The van der Waals surface area contributed by atoms with Crippen LogP contribution < -0.4 is 0 Å². The first-order valence-corrected chi connectivity index (χ1v) is 10.1. The molecular formula is C17H22N2O3S2. The van der Waals surface area contributed by atoms with E-state index >= 15 is 0 Å². The number of esters is 1. The van der Waals surface area contributed by atoms with Crippen LogP contribution in [0.2, 0.25) is 0 Å². The summed E-state index contributed by atoms with van der Waals surface area (Å²) in [5.74, 6) is -0.226. The third-order valence-corrected chi connectivity index (χ3v) is 6.29. The maximum absolute atomic E-state index is 12.1. The highest BCUT2D eigenvalue weighted by molar-refractivity contribution is 8.00. The van der Waals surface area contributed by atoms with Crippen LogP contribution in [-0.4, -0.2) is 41.0 Å². The molecule has 0 bridgehead atoms. The Morgan fingerprint density at radius 2 is 2.17 bits per heavy atom. The van der Waals surface area contributed by atoms with Gasteiger partial charge in [-0.1, -0.05) is 11.8 Å². The molecule has 0 N–H and O–H groups in total. The number of thioether (sulfide) groups is 1. The number of thiophene rings is 1. The summed E-state index contributed by atoms with van der Waals surface area (Å²) >= 11 is 3.23. The molecule has 7 heteroatoms. The van der Waals surface area contributed by atoms with Gasteiger partial charge in [-0.15, -0.1) is 11.3 Å². The van der Waals surface area contributed by atoms with Gasteiger partial charge in [0.05, 0.1) is 6.61 Å². The minimum absolute atomic E-state index is 0.226. The Balaban J connectivity index is 1.72. The number of hydrogen-bond donors (Lipinski definition) is 0. The second-order valence-electron chi connectivity index (χ2n) is 5.69. The van der Waals surface area contributed by atoms with E-state index in [1.807, 2.05) is 13.8 Å². The van der Waals surface area contributed by atoms with Gasteiger partial charge in [-0.05, 0) is 45.1 Å². The molecule has 0 fully saturated rings. The van der Waals surface area contributed by atoms with Gasteiger partial charge in [0.15, 0.2) is 0 Å². The lowest BCUT2D eigenvalue weighted by Gasteiger charge is -2.13. The van der Waals surface area contributed by atoms with Gasteiger partial charge in [0.2, 0.25) is 0 Å². The maximum Gasteiger partial charge on any atom is 0.319 e. The molecule has 0 saturated carbocycles. The molecule has 130 valence electrons. The van der Waals surface area contributed by atoms with E-state index in [4.69, 9.17) is 9.47 Å². The van der Waals surface area contributed by atoms with Crippen LogP contribution in [0.25, 0.3) is 10.2 Å². The molecule has 0 aliphatic heterocycles. The van der Waals surface area contributed by atoms with Crippen LogP contribution in [-0.2, 0) is 27.1 Å². The third kappa shape index (κ3) is 3.90. The van der Waals surface area contributed by atoms with Gasteiger partial charge in [-0.25, -0.2) is 9.97 Å². The molecule has 2 heterocycles. The Morgan fingerprint density at radius 1 is 1.33 bits per heavy atom. The van der Waals surface area contributed by atoms with Crippen LogP contribution in [0.1, 0.15) is 37.1 Å². The summed E-state index contributed by atoms with van der Waals surface area (Å²) in [6.45, 7) is 5.15. The Bertz CT molecular complexity index is 717. The predicted octanol–water partition coefficient (Wildman–Crippen LogP) is 3.63. The molecule has 1 atom stereocenters. The van der Waals surface area contributed by atoms with Gasteiger partial charge in [-0.3, -0.25) is 4.79 Å². The average Bonchev–Trinajstić information content (AvgIpc) is 2.98. The lowest BCUT2D eigenvalue weighted by molar-refractivity contribution is -0.144. The summed E-state index contributed by atoms with van der Waals surface area (Å²) in [5.41, 5.74) is 1.39. The van der Waals surface area contributed by atoms with Crippen LogP contribution in [0.5, 0.6) is 0 Å². The van der Waals surface area contributed by atoms with Gasteiger partial charge in [0, 0.05) is 16.9 Å². The third-order valence-electron chi connectivity index (χ3n) is 4.01. The van der Waals surface area contributed by atoms with Crippen LogP contribution in [0, 0.1) is 0 Å². The fourth-order valence-corrected chi connectivity index (χ4v) is 5.07. The van der Waals surface area contributed by atoms with E-state index < -0.39 is 0 Å². The predicted molar refractivity (Wildman–Crippen MR) is 96.8 cm³/mol. The number of fused-ring (bicyclic) bond motifs is 3. The molecule has 2 aromatic rings. The second kappa shape index (κ2) is 8.27. The van der Waals surface area contributed by atoms with E-state index in [9.17, 15) is 4.79 Å². The quantitative estimate of drug-likeness (QED) is 0.323. The van der Waals surface area contributed by atoms with E-state index in [0.29, 0.717) is 19.8 Å². The Morgan fingerprint density at radius 3 is 3.00 bits per heavy atom. The first kappa shape index (κ1) is 17.6. The second-order valence-corrected chi connectivity index (χ2v) is 8.11. The first-order valence-electron chi connectivity index (χ1n) is 8.37. The number of nitrogens with zero attached hydrogens (tertiary/aromatic N) is 2. The van der Waals surface area contributed by atoms with Crippen molar-refractivity contribution < 1.29 is 14.3 Å². The topological polar surface area (TPSA) is 61.3 Å². The number of carbonyl (C=O) groups is 1. The summed E-state index contributed by atoms with van der Waals surface area (Å²) in [6, 6.07) is 0. The van der Waals surface area contributed by atoms with Crippen LogP contribution >= 0.6 is 23.1 Å². The van der Waals surface area contributed by atoms with Crippen molar-refractivity contribution in [3.63, 3.8) is 0 Å². The SMILES string of the molecule is CCOCCOC(=O)C(C)Sc1ncnc2sc3c(c12)CCCC3. The molecule has 0 spiro atoms. The number of carbonyl (C=O) groups excluding carboxylic acids is 1. The molecular weight excluding hydrogens is 344 g/mol. The van der Waals surface area contributed by atoms with Crippen LogP contribution in [0.15, 0.2) is 11.4 Å². The van der Waals surface area contributed by atoms with Crippen LogP contribution in [0.4, 0.5) is 0 Å². The molecule has 0 saturated heterocycles. The number of rotatable bonds is 7. The number of aryl methyl sites for hydroxylation is 2. The monoisotopic (exact) mass is 366 g/mol. The number of hydrogen-bond acceptors (Lipinski definition) is 7. The zero-order chi connectivity index (χ0) is 16.9. The Kier molecular flexibility index (Phi) is 6.08. The molecule has 1 unspecified atom stereocenters. The Hall–Kier alpha value is -1.18. The zero-order valence-electron chi connectivity index (χ0n) is 14.0. The molecule has 5 nitrogen and oxygen atoms in total. The standard InChI is InChI=1S/C17H22N2O3S2/c1-3-21-8-9-22-17(20)11(2)23-15-14-12-6-4-5-7-13(12)24-16(14)19-10-18-15/h10-11H,3-9H2,1-2H3. The highest BCUT2D eigenvalue weighted by Crippen LogP contribution is 2.40. The maximum atomic E-state index is 12.1. The molecule has 3 rings (SSSR count). The lowest BCUT2D eigenvalue weighted by atomic mass is 9.97. The highest BCUT2D eigenvalue weighted by Gasteiger charge is 2.23. The van der Waals surface area contributed by atoms with Crippen molar-refractivity contribution in [2.24, 2.45) is 0 Å². The first-order chi connectivity index (χ1) is 11.7. The molecule has 2 aromatic heterocycles. The fraction of sp³-hybridized carbons (Fsp3) is 0.588. The molecule has 0 aromatic carbocycles. The van der Waals surface area contributed by atoms with Gasteiger partial charge < -0.3 is 9.47 Å². The van der Waals surface area contributed by atoms with Crippen molar-refractivity contribution in [3.8, 4) is 0 Å². The van der Waals surface area contributed by atoms with E-state index in [1.165, 1.54) is 35.0 Å². The normalized spacial score (nSPS) is 15.2. The lowest BCUT2D eigenvalue weighted by Crippen LogP contribution is -2.19. The summed E-state index contributed by atoms with van der Waals surface area (Å²) in [7, 11) is 0. The van der Waals surface area contributed by atoms with Gasteiger partial charge in [-0.2, -0.15) is 0 Å². The van der Waals surface area contributed by atoms with E-state index in [0.717, 1.165) is 28.1 Å². The smallest absolute Gasteiger partial charge is 0.319 e. The van der Waals surface area contributed by atoms with Crippen molar-refractivity contribution in [1.82, 2.24) is 9.97 Å². The minimum atomic E-state index is -0.302. The van der Waals surface area contributed by atoms with Gasteiger partial charge in [0.25, 0.3) is 0 Å². The van der Waals surface area contributed by atoms with Crippen LogP contribution in [0.3, 0.4) is 0 Å². The summed E-state index contributed by atoms with van der Waals surface area (Å²) in [6.07, 6.45) is 6.28. The van der Waals surface area contributed by atoms with E-state index in [1.54, 1.807) is 17.7 Å². The van der Waals surface area contributed by atoms with Crippen molar-refractivity contribution in [1.29, 1.82) is 0 Å². The highest BCUT2D eigenvalue weighted by atomic mass is 32.2. The molecule has 24 heavy (non-hydrogen) atoms. The van der Waals surface area contributed by atoms with Crippen molar-refractivity contribution in [2.45, 2.75) is 49.8 Å². The summed E-state index contributed by atoms with van der Waals surface area (Å²) < 4.78 is 10.4. The van der Waals surface area contributed by atoms with Crippen molar-refractivity contribution in [2.75, 3.05) is 19.8 Å². The summed E-state index contributed by atoms with van der Waals surface area (Å²) in [4.78, 5) is 23.5. The van der Waals surface area contributed by atoms with Gasteiger partial charge in [0.1, 0.15) is 28.0 Å². The fourth-order valence-electron chi connectivity index (χ4n) is 2.83. The molecule has 0 radical (unpaired) electrons. The number of ether oxygens (including phenoxy) is 2. The van der Waals surface area contributed by atoms with Gasteiger partial charge >= 0.3 is 5.97 Å². The molecule has 1 aliphatic rings. The van der Waals surface area contributed by atoms with Crippen molar-refractivity contribution in [3.05, 3.63) is 16.8 Å². The van der Waals surface area contributed by atoms with E-state index in [2.05, 4.69) is 9.97 Å². The minimum Gasteiger partial charge on any atom is -0.462 e. The molecule has 0 amide bonds. The number of aromatic nitrogens is 2. The molecule has 1 aliphatic carbocycles.